The van der Waals surface area contributed by atoms with Crippen LogP contribution in [-0.2, 0) is 0 Å². The summed E-state index contributed by atoms with van der Waals surface area (Å²) >= 11 is 0. The molecule has 0 saturated heterocycles. The lowest BCUT2D eigenvalue weighted by molar-refractivity contribution is 1.77. The Bertz CT molecular complexity index is 430. The summed E-state index contributed by atoms with van der Waals surface area (Å²) in [6.45, 7) is 0. The molecule has 0 aliphatic carbocycles. The standard InChI is InChI=1S/C13H11P/c1-2-4-6-10-13-12(8-5-3-1)9-7-11-14-13/h1-11H. The van der Waals surface area contributed by atoms with Crippen molar-refractivity contribution in [2.45, 2.75) is 0 Å². The zero-order valence-electron chi connectivity index (χ0n) is 7.80. The first-order valence-electron chi connectivity index (χ1n) is 4.60. The fraction of sp³-hybridized carbons (Fsp3) is 0. The summed E-state index contributed by atoms with van der Waals surface area (Å²) in [5.74, 6) is 2.16. The normalized spacial score (nSPS) is 10.0. The predicted molar refractivity (Wildman–Crippen MR) is 64.1 cm³/mol. The summed E-state index contributed by atoms with van der Waals surface area (Å²) < 4.78 is 0. The van der Waals surface area contributed by atoms with E-state index in [9.17, 15) is 0 Å². The molecule has 0 saturated carbocycles. The molecule has 0 aliphatic heterocycles. The molecule has 1 heterocycles. The van der Waals surface area contributed by atoms with Crippen LogP contribution in [-0.4, -0.2) is 0 Å². The average molecular weight is 198 g/mol. The maximum atomic E-state index is 2.16. The van der Waals surface area contributed by atoms with Gasteiger partial charge in [0.25, 0.3) is 0 Å². The second-order valence-corrected chi connectivity index (χ2v) is 4.00. The topological polar surface area (TPSA) is 0 Å². The Morgan fingerprint density at radius 3 is 2.14 bits per heavy atom. The first kappa shape index (κ1) is 9.18. The van der Waals surface area contributed by atoms with Gasteiger partial charge in [0.1, 0.15) is 0 Å². The molecule has 1 heteroatoms. The highest BCUT2D eigenvalue weighted by molar-refractivity contribution is 7.35. The van der Waals surface area contributed by atoms with Gasteiger partial charge < -0.3 is 0 Å². The van der Waals surface area contributed by atoms with Crippen molar-refractivity contribution < 1.29 is 0 Å². The third-order valence-corrected chi connectivity index (χ3v) is 2.96. The van der Waals surface area contributed by atoms with Gasteiger partial charge in [-0.1, -0.05) is 62.8 Å². The molecule has 0 N–H and O–H groups in total. The van der Waals surface area contributed by atoms with Crippen LogP contribution in [0.25, 0.3) is 10.5 Å². The molecule has 0 spiro atoms. The van der Waals surface area contributed by atoms with Crippen molar-refractivity contribution in [3.8, 4) is 0 Å². The summed E-state index contributed by atoms with van der Waals surface area (Å²) in [6, 6.07) is 20.9. The summed E-state index contributed by atoms with van der Waals surface area (Å²) in [7, 11) is 1.27. The number of rotatable bonds is 0. The largest absolute Gasteiger partial charge is 0.0678 e. The van der Waals surface area contributed by atoms with Gasteiger partial charge in [0, 0.05) is 5.12 Å². The van der Waals surface area contributed by atoms with E-state index < -0.39 is 0 Å². The summed E-state index contributed by atoms with van der Waals surface area (Å²) in [6.07, 6.45) is 0. The van der Waals surface area contributed by atoms with Gasteiger partial charge in [0.2, 0.25) is 0 Å². The second-order valence-electron chi connectivity index (χ2n) is 2.97. The van der Waals surface area contributed by atoms with E-state index in [2.05, 4.69) is 42.2 Å². The van der Waals surface area contributed by atoms with Gasteiger partial charge in [-0.2, -0.15) is 0 Å². The van der Waals surface area contributed by atoms with Gasteiger partial charge in [-0.05, 0) is 17.3 Å². The Balaban J connectivity index is 2.76. The van der Waals surface area contributed by atoms with E-state index >= 15 is 0 Å². The van der Waals surface area contributed by atoms with E-state index in [4.69, 9.17) is 0 Å². The summed E-state index contributed by atoms with van der Waals surface area (Å²) in [5, 5.41) is 2.65. The van der Waals surface area contributed by atoms with E-state index in [1.54, 1.807) is 0 Å². The van der Waals surface area contributed by atoms with Crippen LogP contribution in [0.4, 0.5) is 0 Å². The zero-order valence-corrected chi connectivity index (χ0v) is 8.69. The van der Waals surface area contributed by atoms with Crippen molar-refractivity contribution in [3.63, 3.8) is 0 Å². The molecule has 0 atom stereocenters. The van der Waals surface area contributed by atoms with Crippen LogP contribution >= 0.6 is 8.19 Å². The molecule has 14 heavy (non-hydrogen) atoms. The number of fused-ring (bicyclic) bond motifs is 1. The van der Waals surface area contributed by atoms with Gasteiger partial charge in [0.05, 0.1) is 0 Å². The van der Waals surface area contributed by atoms with Crippen LogP contribution in [0.2, 0.25) is 0 Å². The first-order valence-corrected chi connectivity index (χ1v) is 5.56. The third kappa shape index (κ3) is 2.31. The van der Waals surface area contributed by atoms with Gasteiger partial charge in [-0.3, -0.25) is 0 Å². The molecule has 2 aromatic rings. The SMILES string of the molecule is c1ccccc2pcccc2ccc1. The minimum atomic E-state index is 1.27. The van der Waals surface area contributed by atoms with Gasteiger partial charge in [-0.15, -0.1) is 0 Å². The Labute approximate surface area is 85.7 Å². The van der Waals surface area contributed by atoms with Crippen LogP contribution in [0.15, 0.2) is 66.5 Å². The number of hydrogen-bond acceptors (Lipinski definition) is 0. The average Bonchev–Trinajstić information content (AvgIpc) is 2.25. The molecule has 68 valence electrons. The Kier molecular flexibility index (Phi) is 3.10. The van der Waals surface area contributed by atoms with Gasteiger partial charge in [0.15, 0.2) is 0 Å². The molecule has 2 rings (SSSR count). The molecule has 0 amide bonds. The molecule has 0 unspecified atom stereocenters. The maximum absolute atomic E-state index is 2.16. The van der Waals surface area contributed by atoms with Crippen LogP contribution in [0, 0.1) is 0 Å². The van der Waals surface area contributed by atoms with Crippen molar-refractivity contribution in [1.29, 1.82) is 0 Å². The van der Waals surface area contributed by atoms with Crippen molar-refractivity contribution in [1.82, 2.24) is 0 Å². The molecule has 0 fully saturated rings. The highest BCUT2D eigenvalue weighted by Gasteiger charge is 1.83. The number of hydrogen-bond donors (Lipinski definition) is 0. The fourth-order valence-corrected chi connectivity index (χ4v) is 2.08. The first-order chi connectivity index (χ1) is 6.97. The fourth-order valence-electron chi connectivity index (χ4n) is 1.27. The minimum Gasteiger partial charge on any atom is -0.0678 e. The zero-order chi connectivity index (χ0) is 9.64. The van der Waals surface area contributed by atoms with Crippen molar-refractivity contribution in [2.24, 2.45) is 0 Å². The molecule has 0 nitrogen and oxygen atoms in total. The molecule has 0 radical (unpaired) electrons. The molecule has 1 aromatic carbocycles. The minimum absolute atomic E-state index is 1.27. The molecule has 0 bridgehead atoms. The van der Waals surface area contributed by atoms with Crippen molar-refractivity contribution >= 4 is 18.7 Å². The summed E-state index contributed by atoms with van der Waals surface area (Å²) in [5.41, 5.74) is 0. The molecular formula is C13H11P. The van der Waals surface area contributed by atoms with E-state index in [-0.39, 0.29) is 0 Å². The predicted octanol–water partition coefficient (Wildman–Crippen LogP) is 4.54. The molecule has 1 aromatic heterocycles. The monoisotopic (exact) mass is 198 g/mol. The lowest BCUT2D eigenvalue weighted by Gasteiger charge is -1.89. The van der Waals surface area contributed by atoms with Crippen LogP contribution in [0.3, 0.4) is 0 Å². The maximum Gasteiger partial charge on any atom is 0.00902 e. The highest BCUT2D eigenvalue weighted by atomic mass is 31.0. The van der Waals surface area contributed by atoms with Gasteiger partial charge in [-0.25, -0.2) is 0 Å². The van der Waals surface area contributed by atoms with E-state index in [0.717, 1.165) is 0 Å². The van der Waals surface area contributed by atoms with Crippen LogP contribution in [0.5, 0.6) is 0 Å². The smallest absolute Gasteiger partial charge is 0.00902 e. The van der Waals surface area contributed by atoms with Gasteiger partial charge >= 0.3 is 0 Å². The Morgan fingerprint density at radius 1 is 0.643 bits per heavy atom. The van der Waals surface area contributed by atoms with Crippen molar-refractivity contribution in [2.75, 3.05) is 0 Å². The second kappa shape index (κ2) is 4.74. The summed E-state index contributed by atoms with van der Waals surface area (Å²) in [4.78, 5) is 0. The Morgan fingerprint density at radius 2 is 1.29 bits per heavy atom. The van der Waals surface area contributed by atoms with E-state index in [0.29, 0.717) is 0 Å². The van der Waals surface area contributed by atoms with Crippen LogP contribution in [0.1, 0.15) is 0 Å². The molecule has 0 aliphatic rings. The van der Waals surface area contributed by atoms with E-state index in [1.165, 1.54) is 18.7 Å². The van der Waals surface area contributed by atoms with E-state index in [1.807, 2.05) is 24.3 Å². The highest BCUT2D eigenvalue weighted by Crippen LogP contribution is 2.19. The molecular weight excluding hydrogens is 187 g/mol. The van der Waals surface area contributed by atoms with Crippen molar-refractivity contribution in [3.05, 3.63) is 66.5 Å². The Hall–Kier alpha value is -1.39. The lowest BCUT2D eigenvalue weighted by atomic mass is 10.3. The van der Waals surface area contributed by atoms with Crippen LogP contribution < -0.4 is 0 Å². The lowest BCUT2D eigenvalue weighted by Crippen LogP contribution is -1.60. The third-order valence-electron chi connectivity index (χ3n) is 1.96. The quantitative estimate of drug-likeness (QED) is 0.582.